The molecule has 1 saturated heterocycles. The Bertz CT molecular complexity index is 816. The first kappa shape index (κ1) is 19.3. The van der Waals surface area contributed by atoms with E-state index < -0.39 is 10.0 Å². The molecule has 1 N–H and O–H groups in total. The molecule has 1 atom stereocenters. The van der Waals surface area contributed by atoms with Crippen molar-refractivity contribution in [2.45, 2.75) is 17.9 Å². The van der Waals surface area contributed by atoms with Gasteiger partial charge in [0, 0.05) is 24.5 Å². The number of aryl methyl sites for hydroxylation is 1. The second kappa shape index (κ2) is 8.49. The van der Waals surface area contributed by atoms with E-state index in [1.165, 1.54) is 7.11 Å². The fourth-order valence-corrected chi connectivity index (χ4v) is 5.19. The van der Waals surface area contributed by atoms with Crippen LogP contribution in [0.2, 0.25) is 0 Å². The molecule has 0 unspecified atom stereocenters. The Hall–Kier alpha value is -1.45. The maximum Gasteiger partial charge on any atom is 0.244 e. The average molecular weight is 397 g/mol. The van der Waals surface area contributed by atoms with Gasteiger partial charge in [0.25, 0.3) is 0 Å². The van der Waals surface area contributed by atoms with Gasteiger partial charge in [0.05, 0.1) is 26.4 Å². The molecule has 8 heteroatoms. The van der Waals surface area contributed by atoms with Crippen LogP contribution in [0.5, 0.6) is 5.75 Å². The molecule has 1 aliphatic heterocycles. The summed E-state index contributed by atoms with van der Waals surface area (Å²) in [6.45, 7) is 5.08. The Morgan fingerprint density at radius 1 is 1.31 bits per heavy atom. The first-order valence-corrected chi connectivity index (χ1v) is 10.9. The van der Waals surface area contributed by atoms with Crippen LogP contribution in [-0.4, -0.2) is 53.3 Å². The molecular formula is C18H24N2O4S2. The molecule has 6 nitrogen and oxygen atoms in total. The van der Waals surface area contributed by atoms with Crippen LogP contribution in [0, 0.1) is 6.92 Å². The summed E-state index contributed by atoms with van der Waals surface area (Å²) < 4.78 is 39.2. The number of methoxy groups -OCH3 is 1. The molecule has 142 valence electrons. The lowest BCUT2D eigenvalue weighted by Crippen LogP contribution is -2.43. The number of morpholine rings is 1. The Balaban J connectivity index is 1.81. The maximum atomic E-state index is 12.9. The first-order valence-electron chi connectivity index (χ1n) is 8.51. The zero-order valence-corrected chi connectivity index (χ0v) is 16.6. The van der Waals surface area contributed by atoms with Crippen molar-refractivity contribution in [2.75, 3.05) is 40.0 Å². The zero-order valence-electron chi connectivity index (χ0n) is 15.0. The molecule has 3 rings (SSSR count). The van der Waals surface area contributed by atoms with Crippen molar-refractivity contribution >= 4 is 21.4 Å². The molecular weight excluding hydrogens is 372 g/mol. The molecule has 1 fully saturated rings. The summed E-state index contributed by atoms with van der Waals surface area (Å²) >= 11 is 1.64. The Morgan fingerprint density at radius 3 is 2.73 bits per heavy atom. The highest BCUT2D eigenvalue weighted by atomic mass is 32.2. The molecule has 0 bridgehead atoms. The first-order chi connectivity index (χ1) is 12.5. The molecule has 1 aliphatic rings. The average Bonchev–Trinajstić information content (AvgIpc) is 3.17. The van der Waals surface area contributed by atoms with Crippen molar-refractivity contribution in [3.8, 4) is 5.75 Å². The highest BCUT2D eigenvalue weighted by Crippen LogP contribution is 2.28. The van der Waals surface area contributed by atoms with Gasteiger partial charge in [0.1, 0.15) is 10.6 Å². The van der Waals surface area contributed by atoms with E-state index in [0.717, 1.165) is 23.5 Å². The molecule has 0 amide bonds. The van der Waals surface area contributed by atoms with E-state index in [1.54, 1.807) is 23.5 Å². The number of nitrogens with one attached hydrogen (secondary N) is 1. The van der Waals surface area contributed by atoms with E-state index in [2.05, 4.69) is 9.62 Å². The lowest BCUT2D eigenvalue weighted by Gasteiger charge is -2.34. The van der Waals surface area contributed by atoms with Gasteiger partial charge < -0.3 is 9.47 Å². The minimum Gasteiger partial charge on any atom is -0.495 e. The molecule has 0 saturated carbocycles. The monoisotopic (exact) mass is 396 g/mol. The summed E-state index contributed by atoms with van der Waals surface area (Å²) in [5, 5.41) is 2.01. The Kier molecular flexibility index (Phi) is 6.31. The second-order valence-corrected chi connectivity index (χ2v) is 8.90. The summed E-state index contributed by atoms with van der Waals surface area (Å²) in [6.07, 6.45) is 0. The minimum absolute atomic E-state index is 0.00974. The van der Waals surface area contributed by atoms with E-state index in [0.29, 0.717) is 25.5 Å². The molecule has 0 radical (unpaired) electrons. The van der Waals surface area contributed by atoms with Gasteiger partial charge in [0.15, 0.2) is 0 Å². The number of hydrogen-bond donors (Lipinski definition) is 1. The molecule has 26 heavy (non-hydrogen) atoms. The predicted molar refractivity (Wildman–Crippen MR) is 102 cm³/mol. The summed E-state index contributed by atoms with van der Waals surface area (Å²) in [4.78, 5) is 3.59. The molecule has 0 spiro atoms. The van der Waals surface area contributed by atoms with E-state index in [4.69, 9.17) is 9.47 Å². The molecule has 1 aromatic carbocycles. The summed E-state index contributed by atoms with van der Waals surface area (Å²) in [5.74, 6) is 0.349. The number of ether oxygens (including phenoxy) is 2. The lowest BCUT2D eigenvalue weighted by molar-refractivity contribution is 0.0179. The number of benzene rings is 1. The smallest absolute Gasteiger partial charge is 0.244 e. The summed E-state index contributed by atoms with van der Waals surface area (Å²) in [7, 11) is -2.20. The third kappa shape index (κ3) is 4.44. The van der Waals surface area contributed by atoms with Crippen LogP contribution in [0.4, 0.5) is 0 Å². The van der Waals surface area contributed by atoms with Crippen molar-refractivity contribution in [1.29, 1.82) is 0 Å². The van der Waals surface area contributed by atoms with E-state index in [9.17, 15) is 8.42 Å². The summed E-state index contributed by atoms with van der Waals surface area (Å²) in [5.41, 5.74) is 0.870. The standard InChI is InChI=1S/C18H24N2O4S2/c1-14-5-6-16(23-2)18(12-14)26(21,22)19-13-15(17-4-3-11-25-17)20-7-9-24-10-8-20/h3-6,11-12,15,19H,7-10,13H2,1-2H3/t15-/m1/s1. The van der Waals surface area contributed by atoms with Gasteiger partial charge in [-0.1, -0.05) is 12.1 Å². The second-order valence-electron chi connectivity index (χ2n) is 6.19. The van der Waals surface area contributed by atoms with Gasteiger partial charge in [-0.05, 0) is 36.1 Å². The Morgan fingerprint density at radius 2 is 2.08 bits per heavy atom. The SMILES string of the molecule is COc1ccc(C)cc1S(=O)(=O)NC[C@H](c1cccs1)N1CCOCC1. The van der Waals surface area contributed by atoms with E-state index >= 15 is 0 Å². The minimum atomic E-state index is -3.68. The maximum absolute atomic E-state index is 12.9. The molecule has 0 aliphatic carbocycles. The Labute approximate surface area is 158 Å². The number of hydrogen-bond acceptors (Lipinski definition) is 6. The van der Waals surface area contributed by atoms with Gasteiger partial charge >= 0.3 is 0 Å². The quantitative estimate of drug-likeness (QED) is 0.778. The predicted octanol–water partition coefficient (Wildman–Crippen LogP) is 2.42. The fraction of sp³-hybridized carbons (Fsp3) is 0.444. The van der Waals surface area contributed by atoms with Crippen LogP contribution in [-0.2, 0) is 14.8 Å². The number of rotatable bonds is 7. The van der Waals surface area contributed by atoms with Crippen LogP contribution in [0.25, 0.3) is 0 Å². The third-order valence-corrected chi connectivity index (χ3v) is 6.85. The summed E-state index contributed by atoms with van der Waals surface area (Å²) in [6, 6.07) is 9.18. The van der Waals surface area contributed by atoms with Crippen molar-refractivity contribution in [3.63, 3.8) is 0 Å². The van der Waals surface area contributed by atoms with Crippen molar-refractivity contribution in [2.24, 2.45) is 0 Å². The normalized spacial score (nSPS) is 17.2. The van der Waals surface area contributed by atoms with Gasteiger partial charge in [-0.3, -0.25) is 4.90 Å². The van der Waals surface area contributed by atoms with E-state index in [-0.39, 0.29) is 10.9 Å². The third-order valence-electron chi connectivity index (χ3n) is 4.43. The van der Waals surface area contributed by atoms with Crippen molar-refractivity contribution in [1.82, 2.24) is 9.62 Å². The topological polar surface area (TPSA) is 67.9 Å². The number of thiophene rings is 1. The lowest BCUT2D eigenvalue weighted by atomic mass is 10.2. The van der Waals surface area contributed by atoms with Crippen LogP contribution >= 0.6 is 11.3 Å². The van der Waals surface area contributed by atoms with Crippen molar-refractivity contribution < 1.29 is 17.9 Å². The number of sulfonamides is 1. The van der Waals surface area contributed by atoms with Crippen LogP contribution in [0.15, 0.2) is 40.6 Å². The largest absolute Gasteiger partial charge is 0.495 e. The van der Waals surface area contributed by atoms with Gasteiger partial charge in [0.2, 0.25) is 10.0 Å². The van der Waals surface area contributed by atoms with Gasteiger partial charge in [-0.2, -0.15) is 0 Å². The molecule has 2 heterocycles. The van der Waals surface area contributed by atoms with Gasteiger partial charge in [-0.15, -0.1) is 11.3 Å². The zero-order chi connectivity index (χ0) is 18.6. The van der Waals surface area contributed by atoms with E-state index in [1.807, 2.05) is 30.5 Å². The van der Waals surface area contributed by atoms with Gasteiger partial charge in [-0.25, -0.2) is 13.1 Å². The van der Waals surface area contributed by atoms with Crippen LogP contribution in [0.1, 0.15) is 16.5 Å². The fourth-order valence-electron chi connectivity index (χ4n) is 3.04. The number of nitrogens with zero attached hydrogens (tertiary/aromatic N) is 1. The molecule has 1 aromatic heterocycles. The molecule has 2 aromatic rings. The van der Waals surface area contributed by atoms with Crippen LogP contribution in [0.3, 0.4) is 0 Å². The van der Waals surface area contributed by atoms with Crippen LogP contribution < -0.4 is 9.46 Å². The highest BCUT2D eigenvalue weighted by molar-refractivity contribution is 7.89. The highest BCUT2D eigenvalue weighted by Gasteiger charge is 2.27. The van der Waals surface area contributed by atoms with Crippen molar-refractivity contribution in [3.05, 3.63) is 46.2 Å².